The molecule has 0 aliphatic rings. The molecule has 6 heteroatoms. The fourth-order valence-electron chi connectivity index (χ4n) is 1.09. The van der Waals surface area contributed by atoms with Crippen LogP contribution in [0.4, 0.5) is 5.69 Å². The maximum absolute atomic E-state index is 8.52. The van der Waals surface area contributed by atoms with Gasteiger partial charge in [-0.15, -0.1) is 0 Å². The van der Waals surface area contributed by atoms with Gasteiger partial charge in [0, 0.05) is 13.2 Å². The molecular formula is C12H12N4O2. The number of nitrogens with one attached hydrogen (secondary N) is 1. The molecule has 0 atom stereocenters. The zero-order chi connectivity index (χ0) is 13.2. The minimum Gasteiger partial charge on any atom is -0.491 e. The average Bonchev–Trinajstić information content (AvgIpc) is 2.41. The van der Waals surface area contributed by atoms with Crippen molar-refractivity contribution in [2.45, 2.75) is 0 Å². The van der Waals surface area contributed by atoms with E-state index in [1.165, 1.54) is 0 Å². The molecule has 0 spiro atoms. The van der Waals surface area contributed by atoms with Crippen LogP contribution in [0.5, 0.6) is 5.75 Å². The first-order valence-corrected chi connectivity index (χ1v) is 5.16. The van der Waals surface area contributed by atoms with E-state index in [4.69, 9.17) is 20.0 Å². The molecule has 0 heterocycles. The second-order valence-electron chi connectivity index (χ2n) is 3.16. The van der Waals surface area contributed by atoms with Crippen LogP contribution in [0.25, 0.3) is 0 Å². The van der Waals surface area contributed by atoms with Crippen molar-refractivity contribution in [3.05, 3.63) is 24.3 Å². The van der Waals surface area contributed by atoms with Crippen LogP contribution in [0, 0.1) is 22.7 Å². The molecule has 1 rings (SSSR count). The summed E-state index contributed by atoms with van der Waals surface area (Å²) in [5.41, 5.74) is 3.01. The van der Waals surface area contributed by atoms with Crippen molar-refractivity contribution in [1.29, 1.82) is 10.5 Å². The highest BCUT2D eigenvalue weighted by Crippen LogP contribution is 2.17. The Labute approximate surface area is 105 Å². The second kappa shape index (κ2) is 7.66. The van der Waals surface area contributed by atoms with Gasteiger partial charge in [-0.2, -0.15) is 15.6 Å². The largest absolute Gasteiger partial charge is 0.491 e. The lowest BCUT2D eigenvalue weighted by Gasteiger charge is -2.06. The van der Waals surface area contributed by atoms with E-state index in [2.05, 4.69) is 10.5 Å². The van der Waals surface area contributed by atoms with Crippen molar-refractivity contribution < 1.29 is 9.47 Å². The number of hydrogen-bond acceptors (Lipinski definition) is 6. The molecule has 0 saturated carbocycles. The summed E-state index contributed by atoms with van der Waals surface area (Å²) in [4.78, 5) is 0. The Balaban J connectivity index is 2.63. The van der Waals surface area contributed by atoms with E-state index in [-0.39, 0.29) is 5.71 Å². The topological polar surface area (TPSA) is 90.4 Å². The minimum atomic E-state index is -0.235. The molecule has 0 saturated heterocycles. The normalized spacial score (nSPS) is 8.83. The van der Waals surface area contributed by atoms with E-state index in [9.17, 15) is 0 Å². The van der Waals surface area contributed by atoms with Gasteiger partial charge in [-0.3, -0.25) is 5.43 Å². The first-order chi connectivity index (χ1) is 8.80. The van der Waals surface area contributed by atoms with Crippen molar-refractivity contribution >= 4 is 11.4 Å². The molecular weight excluding hydrogens is 232 g/mol. The Kier molecular flexibility index (Phi) is 5.74. The molecule has 6 nitrogen and oxygen atoms in total. The molecule has 0 amide bonds. The van der Waals surface area contributed by atoms with Gasteiger partial charge in [0.2, 0.25) is 5.71 Å². The highest BCUT2D eigenvalue weighted by molar-refractivity contribution is 6.10. The highest BCUT2D eigenvalue weighted by atomic mass is 16.5. The number of methoxy groups -OCH3 is 1. The van der Waals surface area contributed by atoms with Gasteiger partial charge in [0.05, 0.1) is 12.3 Å². The summed E-state index contributed by atoms with van der Waals surface area (Å²) in [5, 5.41) is 20.7. The van der Waals surface area contributed by atoms with Gasteiger partial charge in [0.15, 0.2) is 0 Å². The van der Waals surface area contributed by atoms with Crippen LogP contribution in [0.3, 0.4) is 0 Å². The van der Waals surface area contributed by atoms with E-state index in [1.807, 2.05) is 0 Å². The van der Waals surface area contributed by atoms with Crippen LogP contribution < -0.4 is 10.2 Å². The lowest BCUT2D eigenvalue weighted by molar-refractivity contribution is 0.146. The smallest absolute Gasteiger partial charge is 0.237 e. The van der Waals surface area contributed by atoms with E-state index in [0.717, 1.165) is 0 Å². The van der Waals surface area contributed by atoms with Crippen LogP contribution in [-0.4, -0.2) is 26.0 Å². The number of nitrogens with zero attached hydrogens (tertiary/aromatic N) is 3. The quantitative estimate of drug-likeness (QED) is 0.465. The van der Waals surface area contributed by atoms with E-state index in [0.29, 0.717) is 24.7 Å². The van der Waals surface area contributed by atoms with Crippen molar-refractivity contribution in [3.8, 4) is 17.9 Å². The molecule has 0 radical (unpaired) electrons. The van der Waals surface area contributed by atoms with Crippen LogP contribution in [0.15, 0.2) is 29.4 Å². The molecule has 0 aliphatic carbocycles. The van der Waals surface area contributed by atoms with Gasteiger partial charge < -0.3 is 9.47 Å². The lowest BCUT2D eigenvalue weighted by Crippen LogP contribution is -2.04. The zero-order valence-corrected chi connectivity index (χ0v) is 9.88. The Hall–Kier alpha value is -2.57. The summed E-state index contributed by atoms with van der Waals surface area (Å²) >= 11 is 0. The number of nitriles is 2. The number of ether oxygens (including phenoxy) is 2. The minimum absolute atomic E-state index is 0.235. The lowest BCUT2D eigenvalue weighted by atomic mass is 10.3. The van der Waals surface area contributed by atoms with E-state index >= 15 is 0 Å². The second-order valence-corrected chi connectivity index (χ2v) is 3.16. The van der Waals surface area contributed by atoms with Crippen LogP contribution in [-0.2, 0) is 4.74 Å². The van der Waals surface area contributed by atoms with Gasteiger partial charge in [-0.1, -0.05) is 6.07 Å². The Bertz CT molecular complexity index is 484. The summed E-state index contributed by atoms with van der Waals surface area (Å²) in [7, 11) is 1.60. The fraction of sp³-hybridized carbons (Fsp3) is 0.250. The molecule has 0 unspecified atom stereocenters. The van der Waals surface area contributed by atoms with Crippen LogP contribution in [0.1, 0.15) is 0 Å². The van der Waals surface area contributed by atoms with Gasteiger partial charge in [-0.25, -0.2) is 0 Å². The third kappa shape index (κ3) is 4.52. The van der Waals surface area contributed by atoms with Crippen LogP contribution in [0.2, 0.25) is 0 Å². The van der Waals surface area contributed by atoms with Crippen molar-refractivity contribution in [2.75, 3.05) is 25.7 Å². The maximum atomic E-state index is 8.52. The van der Waals surface area contributed by atoms with Crippen molar-refractivity contribution in [3.63, 3.8) is 0 Å². The number of hydrogen-bond donors (Lipinski definition) is 1. The Morgan fingerprint density at radius 1 is 1.33 bits per heavy atom. The predicted octanol–water partition coefficient (Wildman–Crippen LogP) is 1.53. The SMILES string of the molecule is COCCOc1cccc(NN=C(C#N)C#N)c1. The molecule has 1 aromatic rings. The summed E-state index contributed by atoms with van der Waals surface area (Å²) in [6.45, 7) is 0.952. The summed E-state index contributed by atoms with van der Waals surface area (Å²) < 4.78 is 10.3. The number of anilines is 1. The van der Waals surface area contributed by atoms with Crippen LogP contribution >= 0.6 is 0 Å². The summed E-state index contributed by atoms with van der Waals surface area (Å²) in [6, 6.07) is 10.3. The molecule has 18 heavy (non-hydrogen) atoms. The van der Waals surface area contributed by atoms with E-state index in [1.54, 1.807) is 43.5 Å². The standard InChI is InChI=1S/C12H12N4O2/c1-17-5-6-18-12-4-2-3-10(7-12)15-16-11(8-13)9-14/h2-4,7,15H,5-6H2,1H3. The molecule has 0 aliphatic heterocycles. The maximum Gasteiger partial charge on any atom is 0.237 e. The molecule has 0 bridgehead atoms. The number of benzene rings is 1. The first kappa shape index (κ1) is 13.5. The third-order valence-corrected chi connectivity index (χ3v) is 1.90. The summed E-state index contributed by atoms with van der Waals surface area (Å²) in [5.74, 6) is 0.655. The Morgan fingerprint density at radius 3 is 2.78 bits per heavy atom. The van der Waals surface area contributed by atoms with Gasteiger partial charge in [0.25, 0.3) is 0 Å². The number of rotatable bonds is 6. The number of hydrazone groups is 1. The monoisotopic (exact) mass is 244 g/mol. The molecule has 1 N–H and O–H groups in total. The van der Waals surface area contributed by atoms with E-state index < -0.39 is 0 Å². The molecule has 92 valence electrons. The van der Waals surface area contributed by atoms with Gasteiger partial charge in [0.1, 0.15) is 24.5 Å². The first-order valence-electron chi connectivity index (χ1n) is 5.16. The van der Waals surface area contributed by atoms with Crippen molar-refractivity contribution in [2.24, 2.45) is 5.10 Å². The Morgan fingerprint density at radius 2 is 2.11 bits per heavy atom. The average molecular weight is 244 g/mol. The predicted molar refractivity (Wildman–Crippen MR) is 66.1 cm³/mol. The van der Waals surface area contributed by atoms with Gasteiger partial charge in [-0.05, 0) is 12.1 Å². The summed E-state index contributed by atoms with van der Waals surface area (Å²) in [6.07, 6.45) is 0. The zero-order valence-electron chi connectivity index (χ0n) is 9.88. The highest BCUT2D eigenvalue weighted by Gasteiger charge is 1.97. The fourth-order valence-corrected chi connectivity index (χ4v) is 1.09. The van der Waals surface area contributed by atoms with Gasteiger partial charge >= 0.3 is 0 Å². The molecule has 0 fully saturated rings. The third-order valence-electron chi connectivity index (χ3n) is 1.90. The molecule has 1 aromatic carbocycles. The van der Waals surface area contributed by atoms with Crippen molar-refractivity contribution in [1.82, 2.24) is 0 Å². The molecule has 0 aromatic heterocycles.